The van der Waals surface area contributed by atoms with E-state index in [-0.39, 0.29) is 16.4 Å². The Hall–Kier alpha value is -3.12. The van der Waals surface area contributed by atoms with Crippen LogP contribution in [0.3, 0.4) is 0 Å². The highest BCUT2D eigenvalue weighted by Crippen LogP contribution is 2.25. The number of carbonyl (C=O) groups excluding carboxylic acids is 1. The Morgan fingerprint density at radius 3 is 2.44 bits per heavy atom. The molecule has 27 heavy (non-hydrogen) atoms. The summed E-state index contributed by atoms with van der Waals surface area (Å²) in [5, 5.41) is 12.5. The molecule has 0 saturated heterocycles. The molecule has 0 aliphatic heterocycles. The molecule has 5 nitrogen and oxygen atoms in total. The number of aromatic hydroxyl groups is 1. The van der Waals surface area contributed by atoms with Crippen molar-refractivity contribution in [2.24, 2.45) is 0 Å². The van der Waals surface area contributed by atoms with Crippen LogP contribution < -0.4 is 5.32 Å². The van der Waals surface area contributed by atoms with Gasteiger partial charge in [-0.15, -0.1) is 0 Å². The van der Waals surface area contributed by atoms with Crippen molar-refractivity contribution in [1.29, 1.82) is 0 Å². The molecule has 3 rings (SSSR count). The molecule has 0 atom stereocenters. The van der Waals surface area contributed by atoms with Gasteiger partial charge in [-0.2, -0.15) is 0 Å². The third kappa shape index (κ3) is 4.54. The van der Waals surface area contributed by atoms with E-state index in [1.54, 1.807) is 66.7 Å². The second kappa shape index (κ2) is 7.63. The second-order valence-electron chi connectivity index (χ2n) is 6.25. The first kappa shape index (κ1) is 18.7. The first-order valence-corrected chi connectivity index (χ1v) is 9.98. The van der Waals surface area contributed by atoms with Crippen LogP contribution in [-0.4, -0.2) is 19.4 Å². The second-order valence-corrected chi connectivity index (χ2v) is 8.24. The average molecular weight is 381 g/mol. The number of sulfone groups is 1. The van der Waals surface area contributed by atoms with Crippen molar-refractivity contribution in [2.45, 2.75) is 17.6 Å². The molecule has 3 aromatic rings. The van der Waals surface area contributed by atoms with Gasteiger partial charge in [-0.3, -0.25) is 4.79 Å². The van der Waals surface area contributed by atoms with Crippen LogP contribution in [0.2, 0.25) is 0 Å². The van der Waals surface area contributed by atoms with Gasteiger partial charge in [0, 0.05) is 5.56 Å². The summed E-state index contributed by atoms with van der Waals surface area (Å²) in [5.74, 6) is -0.653. The topological polar surface area (TPSA) is 83.5 Å². The molecule has 0 bridgehead atoms. The minimum atomic E-state index is -3.50. The Morgan fingerprint density at radius 1 is 0.963 bits per heavy atom. The zero-order valence-corrected chi connectivity index (χ0v) is 15.5. The molecule has 2 N–H and O–H groups in total. The van der Waals surface area contributed by atoms with Crippen LogP contribution in [-0.2, 0) is 15.6 Å². The Balaban J connectivity index is 1.81. The van der Waals surface area contributed by atoms with E-state index in [0.717, 1.165) is 5.56 Å². The van der Waals surface area contributed by atoms with Crippen molar-refractivity contribution in [3.8, 4) is 5.75 Å². The molecule has 0 heterocycles. The standard InChI is InChI=1S/C21H19NO4S/c1-15-10-11-20(23)19(12-15)22-21(24)17-7-5-6-16(13-17)14-27(25,26)18-8-3-2-4-9-18/h2-13,23H,14H2,1H3,(H,22,24). The SMILES string of the molecule is Cc1ccc(O)c(NC(=O)c2cccc(CS(=O)(=O)c3ccccc3)c2)c1. The van der Waals surface area contributed by atoms with Crippen LogP contribution in [0.1, 0.15) is 21.5 Å². The molecular weight excluding hydrogens is 362 g/mol. The fourth-order valence-corrected chi connectivity index (χ4v) is 4.03. The molecule has 0 saturated carbocycles. The zero-order valence-electron chi connectivity index (χ0n) is 14.7. The molecule has 1 amide bonds. The number of rotatable bonds is 5. The molecule has 0 radical (unpaired) electrons. The van der Waals surface area contributed by atoms with E-state index >= 15 is 0 Å². The van der Waals surface area contributed by atoms with Crippen LogP contribution >= 0.6 is 0 Å². The summed E-state index contributed by atoms with van der Waals surface area (Å²) in [7, 11) is -3.50. The number of phenolic OH excluding ortho intramolecular Hbond substituents is 1. The summed E-state index contributed by atoms with van der Waals surface area (Å²) in [6.07, 6.45) is 0. The summed E-state index contributed by atoms with van der Waals surface area (Å²) in [4.78, 5) is 12.7. The number of nitrogens with one attached hydrogen (secondary N) is 1. The predicted molar refractivity (Wildman–Crippen MR) is 105 cm³/mol. The lowest BCUT2D eigenvalue weighted by Crippen LogP contribution is -2.13. The predicted octanol–water partition coefficient (Wildman–Crippen LogP) is 3.93. The van der Waals surface area contributed by atoms with E-state index in [1.807, 2.05) is 6.92 Å². The maximum absolute atomic E-state index is 12.5. The molecular formula is C21H19NO4S. The number of carbonyl (C=O) groups is 1. The van der Waals surface area contributed by atoms with Crippen molar-refractivity contribution in [3.05, 3.63) is 89.5 Å². The first-order valence-electron chi connectivity index (χ1n) is 8.33. The van der Waals surface area contributed by atoms with E-state index in [2.05, 4.69) is 5.32 Å². The largest absolute Gasteiger partial charge is 0.506 e. The number of anilines is 1. The molecule has 3 aromatic carbocycles. The van der Waals surface area contributed by atoms with Gasteiger partial charge in [-0.25, -0.2) is 8.42 Å². The van der Waals surface area contributed by atoms with Crippen molar-refractivity contribution >= 4 is 21.4 Å². The molecule has 6 heteroatoms. The Labute approximate surface area is 158 Å². The summed E-state index contributed by atoms with van der Waals surface area (Å²) in [6, 6.07) is 19.6. The van der Waals surface area contributed by atoms with Crippen molar-refractivity contribution < 1.29 is 18.3 Å². The zero-order chi connectivity index (χ0) is 19.4. The normalized spacial score (nSPS) is 11.1. The van der Waals surface area contributed by atoms with Gasteiger partial charge in [0.2, 0.25) is 0 Å². The third-order valence-electron chi connectivity index (χ3n) is 4.05. The van der Waals surface area contributed by atoms with Crippen LogP contribution in [0, 0.1) is 6.92 Å². The Morgan fingerprint density at radius 2 is 1.70 bits per heavy atom. The van der Waals surface area contributed by atoms with Crippen molar-refractivity contribution in [2.75, 3.05) is 5.32 Å². The number of aryl methyl sites for hydroxylation is 1. The maximum Gasteiger partial charge on any atom is 0.255 e. The van der Waals surface area contributed by atoms with Crippen LogP contribution in [0.15, 0.2) is 77.7 Å². The molecule has 0 fully saturated rings. The summed E-state index contributed by atoms with van der Waals surface area (Å²) in [6.45, 7) is 1.85. The van der Waals surface area contributed by atoms with E-state index in [1.165, 1.54) is 6.07 Å². The highest BCUT2D eigenvalue weighted by Gasteiger charge is 2.16. The minimum absolute atomic E-state index is 0.0308. The quantitative estimate of drug-likeness (QED) is 0.656. The number of benzene rings is 3. The van der Waals surface area contributed by atoms with Gasteiger partial charge in [-0.1, -0.05) is 36.4 Å². The van der Waals surface area contributed by atoms with E-state index in [9.17, 15) is 18.3 Å². The smallest absolute Gasteiger partial charge is 0.255 e. The maximum atomic E-state index is 12.5. The molecule has 138 valence electrons. The average Bonchev–Trinajstić information content (AvgIpc) is 2.65. The monoisotopic (exact) mass is 381 g/mol. The fourth-order valence-electron chi connectivity index (χ4n) is 2.68. The van der Waals surface area contributed by atoms with Gasteiger partial charge in [0.05, 0.1) is 16.3 Å². The summed E-state index contributed by atoms with van der Waals surface area (Å²) >= 11 is 0. The molecule has 0 aromatic heterocycles. The van der Waals surface area contributed by atoms with Crippen molar-refractivity contribution in [1.82, 2.24) is 0 Å². The number of amides is 1. The lowest BCUT2D eigenvalue weighted by atomic mass is 10.1. The minimum Gasteiger partial charge on any atom is -0.506 e. The molecule has 0 spiro atoms. The Kier molecular flexibility index (Phi) is 5.28. The summed E-state index contributed by atoms with van der Waals surface area (Å²) in [5.41, 5.74) is 2.03. The van der Waals surface area contributed by atoms with Crippen LogP contribution in [0.25, 0.3) is 0 Å². The van der Waals surface area contributed by atoms with Gasteiger partial charge in [0.25, 0.3) is 5.91 Å². The lowest BCUT2D eigenvalue weighted by Gasteiger charge is -2.10. The van der Waals surface area contributed by atoms with E-state index < -0.39 is 15.7 Å². The van der Waals surface area contributed by atoms with E-state index in [4.69, 9.17) is 0 Å². The van der Waals surface area contributed by atoms with E-state index in [0.29, 0.717) is 16.8 Å². The first-order chi connectivity index (χ1) is 12.8. The lowest BCUT2D eigenvalue weighted by molar-refractivity contribution is 0.102. The molecule has 0 unspecified atom stereocenters. The Bertz CT molecular complexity index is 1080. The third-order valence-corrected chi connectivity index (χ3v) is 5.75. The van der Waals surface area contributed by atoms with Crippen molar-refractivity contribution in [3.63, 3.8) is 0 Å². The highest BCUT2D eigenvalue weighted by molar-refractivity contribution is 7.90. The van der Waals surface area contributed by atoms with Gasteiger partial charge in [-0.05, 0) is 54.4 Å². The van der Waals surface area contributed by atoms with Gasteiger partial charge >= 0.3 is 0 Å². The van der Waals surface area contributed by atoms with Crippen LogP contribution in [0.4, 0.5) is 5.69 Å². The summed E-state index contributed by atoms with van der Waals surface area (Å²) < 4.78 is 25.0. The molecule has 0 aliphatic carbocycles. The fraction of sp³-hybridized carbons (Fsp3) is 0.0952. The van der Waals surface area contributed by atoms with Gasteiger partial charge < -0.3 is 10.4 Å². The molecule has 0 aliphatic rings. The highest BCUT2D eigenvalue weighted by atomic mass is 32.2. The van der Waals surface area contributed by atoms with Crippen LogP contribution in [0.5, 0.6) is 5.75 Å². The van der Waals surface area contributed by atoms with Gasteiger partial charge in [0.15, 0.2) is 9.84 Å². The number of hydrogen-bond acceptors (Lipinski definition) is 4. The van der Waals surface area contributed by atoms with Gasteiger partial charge in [0.1, 0.15) is 5.75 Å². The number of hydrogen-bond donors (Lipinski definition) is 2. The number of phenols is 1.